The molecule has 2 N–H and O–H groups in total. The Morgan fingerprint density at radius 1 is 1.63 bits per heavy atom. The van der Waals surface area contributed by atoms with Crippen LogP contribution in [0.5, 0.6) is 0 Å². The summed E-state index contributed by atoms with van der Waals surface area (Å²) in [6, 6.07) is 0. The molecule has 2 rings (SSSR count). The first-order valence-electron chi connectivity index (χ1n) is 6.74. The van der Waals surface area contributed by atoms with E-state index < -0.39 is 0 Å². The van der Waals surface area contributed by atoms with Gasteiger partial charge in [0.1, 0.15) is 5.82 Å². The smallest absolute Gasteiger partial charge is 0.225 e. The molecule has 1 aromatic heterocycles. The Morgan fingerprint density at radius 2 is 2.47 bits per heavy atom. The van der Waals surface area contributed by atoms with Crippen LogP contribution < -0.4 is 5.32 Å². The summed E-state index contributed by atoms with van der Waals surface area (Å²) in [5.41, 5.74) is 0. The third-order valence-corrected chi connectivity index (χ3v) is 3.41. The number of amides is 2. The Balaban J connectivity index is 1.66. The monoisotopic (exact) mass is 264 g/mol. The molecular weight excluding hydrogens is 244 g/mol. The maximum atomic E-state index is 11.9. The molecule has 0 saturated carbocycles. The van der Waals surface area contributed by atoms with Crippen LogP contribution in [0.15, 0.2) is 12.4 Å². The highest BCUT2D eigenvalue weighted by molar-refractivity contribution is 5.89. The Labute approximate surface area is 112 Å². The van der Waals surface area contributed by atoms with Crippen molar-refractivity contribution in [2.75, 3.05) is 19.6 Å². The van der Waals surface area contributed by atoms with Crippen molar-refractivity contribution in [1.82, 2.24) is 20.2 Å². The van der Waals surface area contributed by atoms with E-state index in [4.69, 9.17) is 0 Å². The second-order valence-corrected chi connectivity index (χ2v) is 4.76. The summed E-state index contributed by atoms with van der Waals surface area (Å²) in [6.07, 6.45) is 5.52. The minimum absolute atomic E-state index is 0.0104. The van der Waals surface area contributed by atoms with Crippen LogP contribution in [-0.2, 0) is 16.0 Å². The fourth-order valence-electron chi connectivity index (χ4n) is 2.30. The summed E-state index contributed by atoms with van der Waals surface area (Å²) in [5.74, 6) is 0.820. The molecule has 19 heavy (non-hydrogen) atoms. The van der Waals surface area contributed by atoms with E-state index in [2.05, 4.69) is 15.3 Å². The number of nitrogens with zero attached hydrogens (tertiary/aromatic N) is 2. The SMILES string of the molecule is CCN1CC(C(=O)NCCCc2ncc[nH]2)CC1=O. The number of rotatable bonds is 6. The van der Waals surface area contributed by atoms with Gasteiger partial charge < -0.3 is 15.2 Å². The molecule has 0 radical (unpaired) electrons. The van der Waals surface area contributed by atoms with E-state index in [1.54, 1.807) is 17.3 Å². The summed E-state index contributed by atoms with van der Waals surface area (Å²) in [4.78, 5) is 32.3. The second-order valence-electron chi connectivity index (χ2n) is 4.76. The van der Waals surface area contributed by atoms with E-state index in [0.29, 0.717) is 26.1 Å². The van der Waals surface area contributed by atoms with Crippen LogP contribution in [-0.4, -0.2) is 46.3 Å². The molecule has 0 aromatic carbocycles. The predicted molar refractivity (Wildman–Crippen MR) is 70.3 cm³/mol. The minimum Gasteiger partial charge on any atom is -0.356 e. The van der Waals surface area contributed by atoms with Gasteiger partial charge in [-0.1, -0.05) is 0 Å². The van der Waals surface area contributed by atoms with Gasteiger partial charge in [0.2, 0.25) is 11.8 Å². The molecule has 1 aromatic rings. The van der Waals surface area contributed by atoms with Crippen molar-refractivity contribution in [2.45, 2.75) is 26.2 Å². The molecule has 1 atom stereocenters. The van der Waals surface area contributed by atoms with Gasteiger partial charge in [0, 0.05) is 44.9 Å². The first-order chi connectivity index (χ1) is 9.20. The fourth-order valence-corrected chi connectivity index (χ4v) is 2.30. The Kier molecular flexibility index (Phi) is 4.54. The van der Waals surface area contributed by atoms with Crippen LogP contribution in [0.25, 0.3) is 0 Å². The number of hydrogen-bond donors (Lipinski definition) is 2. The Bertz CT molecular complexity index is 430. The normalized spacial score (nSPS) is 18.9. The van der Waals surface area contributed by atoms with Crippen LogP contribution in [0.3, 0.4) is 0 Å². The van der Waals surface area contributed by atoms with Crippen molar-refractivity contribution in [3.05, 3.63) is 18.2 Å². The van der Waals surface area contributed by atoms with Gasteiger partial charge in [-0.05, 0) is 13.3 Å². The zero-order valence-corrected chi connectivity index (χ0v) is 11.2. The van der Waals surface area contributed by atoms with E-state index in [1.807, 2.05) is 6.92 Å². The van der Waals surface area contributed by atoms with Crippen LogP contribution >= 0.6 is 0 Å². The zero-order valence-electron chi connectivity index (χ0n) is 11.2. The molecule has 1 aliphatic heterocycles. The zero-order chi connectivity index (χ0) is 13.7. The largest absolute Gasteiger partial charge is 0.356 e. The van der Waals surface area contributed by atoms with Crippen LogP contribution in [0.4, 0.5) is 0 Å². The van der Waals surface area contributed by atoms with Gasteiger partial charge in [0.25, 0.3) is 0 Å². The lowest BCUT2D eigenvalue weighted by Crippen LogP contribution is -2.33. The molecule has 0 aliphatic carbocycles. The fraction of sp³-hybridized carbons (Fsp3) is 0.615. The average molecular weight is 264 g/mol. The molecule has 0 spiro atoms. The number of carbonyl (C=O) groups is 2. The number of carbonyl (C=O) groups excluding carboxylic acids is 2. The second kappa shape index (κ2) is 6.36. The highest BCUT2D eigenvalue weighted by Crippen LogP contribution is 2.17. The standard InChI is InChI=1S/C13H20N4O2/c1-2-17-9-10(8-12(17)18)13(19)16-5-3-4-11-14-6-7-15-11/h6-7,10H,2-5,8-9H2,1H3,(H,14,15)(H,16,19). The van der Waals surface area contributed by atoms with E-state index >= 15 is 0 Å². The van der Waals surface area contributed by atoms with E-state index in [1.165, 1.54) is 0 Å². The van der Waals surface area contributed by atoms with Crippen molar-refractivity contribution >= 4 is 11.8 Å². The summed E-state index contributed by atoms with van der Waals surface area (Å²) < 4.78 is 0. The molecule has 104 valence electrons. The molecule has 2 heterocycles. The molecule has 1 unspecified atom stereocenters. The third kappa shape index (κ3) is 3.56. The van der Waals surface area contributed by atoms with Crippen molar-refractivity contribution in [1.29, 1.82) is 0 Å². The Morgan fingerprint density at radius 3 is 3.11 bits per heavy atom. The third-order valence-electron chi connectivity index (χ3n) is 3.41. The summed E-state index contributed by atoms with van der Waals surface area (Å²) in [6.45, 7) is 3.79. The maximum Gasteiger partial charge on any atom is 0.225 e. The van der Waals surface area contributed by atoms with Crippen molar-refractivity contribution < 1.29 is 9.59 Å². The van der Waals surface area contributed by atoms with Gasteiger partial charge in [0.15, 0.2) is 0 Å². The minimum atomic E-state index is -0.184. The molecule has 1 fully saturated rings. The topological polar surface area (TPSA) is 78.1 Å². The number of H-pyrrole nitrogens is 1. The summed E-state index contributed by atoms with van der Waals surface area (Å²) in [7, 11) is 0. The molecule has 2 amide bonds. The van der Waals surface area contributed by atoms with E-state index in [0.717, 1.165) is 18.7 Å². The lowest BCUT2D eigenvalue weighted by atomic mass is 10.1. The number of likely N-dealkylation sites (tertiary alicyclic amines) is 1. The van der Waals surface area contributed by atoms with Crippen molar-refractivity contribution in [3.63, 3.8) is 0 Å². The highest BCUT2D eigenvalue weighted by atomic mass is 16.2. The van der Waals surface area contributed by atoms with Crippen LogP contribution in [0.1, 0.15) is 25.6 Å². The quantitative estimate of drug-likeness (QED) is 0.727. The molecule has 6 heteroatoms. The lowest BCUT2D eigenvalue weighted by molar-refractivity contribution is -0.128. The number of aromatic amines is 1. The average Bonchev–Trinajstić information content (AvgIpc) is 3.03. The first-order valence-corrected chi connectivity index (χ1v) is 6.74. The van der Waals surface area contributed by atoms with Gasteiger partial charge in [-0.2, -0.15) is 0 Å². The van der Waals surface area contributed by atoms with Gasteiger partial charge in [-0.15, -0.1) is 0 Å². The van der Waals surface area contributed by atoms with Crippen LogP contribution in [0.2, 0.25) is 0 Å². The molecule has 1 aliphatic rings. The lowest BCUT2D eigenvalue weighted by Gasteiger charge is -2.13. The van der Waals surface area contributed by atoms with Gasteiger partial charge in [-0.25, -0.2) is 4.98 Å². The highest BCUT2D eigenvalue weighted by Gasteiger charge is 2.32. The molecule has 1 saturated heterocycles. The summed E-state index contributed by atoms with van der Waals surface area (Å²) >= 11 is 0. The number of aryl methyl sites for hydroxylation is 1. The van der Waals surface area contributed by atoms with Gasteiger partial charge >= 0.3 is 0 Å². The van der Waals surface area contributed by atoms with E-state index in [9.17, 15) is 9.59 Å². The number of imidazole rings is 1. The molecule has 0 bridgehead atoms. The van der Waals surface area contributed by atoms with Gasteiger partial charge in [0.05, 0.1) is 5.92 Å². The molecule has 6 nitrogen and oxygen atoms in total. The van der Waals surface area contributed by atoms with E-state index in [-0.39, 0.29) is 17.7 Å². The number of nitrogens with one attached hydrogen (secondary N) is 2. The molecular formula is C13H20N4O2. The number of hydrogen-bond acceptors (Lipinski definition) is 3. The predicted octanol–water partition coefficient (Wildman–Crippen LogP) is 0.327. The summed E-state index contributed by atoms with van der Waals surface area (Å²) in [5, 5.41) is 2.89. The van der Waals surface area contributed by atoms with Crippen molar-refractivity contribution in [3.8, 4) is 0 Å². The van der Waals surface area contributed by atoms with Crippen molar-refractivity contribution in [2.24, 2.45) is 5.92 Å². The van der Waals surface area contributed by atoms with Crippen LogP contribution in [0, 0.1) is 5.92 Å². The number of aromatic nitrogens is 2. The van der Waals surface area contributed by atoms with Gasteiger partial charge in [-0.3, -0.25) is 9.59 Å². The maximum absolute atomic E-state index is 11.9. The first kappa shape index (κ1) is 13.6. The Hall–Kier alpha value is -1.85.